The van der Waals surface area contributed by atoms with Gasteiger partial charge < -0.3 is 0 Å². The molecule has 0 radical (unpaired) electrons. The molecule has 0 saturated heterocycles. The number of hydrogen-bond donors (Lipinski definition) is 1. The summed E-state index contributed by atoms with van der Waals surface area (Å²) in [7, 11) is 0. The van der Waals surface area contributed by atoms with Crippen molar-refractivity contribution in [2.75, 3.05) is 0 Å². The second kappa shape index (κ2) is 6.38. The van der Waals surface area contributed by atoms with E-state index in [1.165, 1.54) is 5.56 Å². The van der Waals surface area contributed by atoms with Crippen LogP contribution in [-0.2, 0) is 11.3 Å². The van der Waals surface area contributed by atoms with E-state index in [4.69, 9.17) is 9.37 Å². The number of aryl methyl sites for hydroxylation is 1. The van der Waals surface area contributed by atoms with Gasteiger partial charge in [0.25, 0.3) is 0 Å². The van der Waals surface area contributed by atoms with E-state index in [-0.39, 0.29) is 5.57 Å². The van der Waals surface area contributed by atoms with Crippen molar-refractivity contribution >= 4 is 0 Å². The van der Waals surface area contributed by atoms with Crippen LogP contribution in [0, 0.1) is 0 Å². The minimum atomic E-state index is -2.29. The second-order valence-corrected chi connectivity index (χ2v) is 3.50. The molecule has 2 heteroatoms. The molecule has 0 aliphatic heterocycles. The normalized spacial score (nSPS) is 16.2. The molecule has 2 nitrogen and oxygen atoms in total. The van der Waals surface area contributed by atoms with Gasteiger partial charge in [-0.3, -0.25) is 5.26 Å². The molecule has 82 valence electrons. The first-order valence-corrected chi connectivity index (χ1v) is 4.98. The summed E-state index contributed by atoms with van der Waals surface area (Å²) >= 11 is 0. The molecule has 0 saturated carbocycles. The van der Waals surface area contributed by atoms with E-state index in [2.05, 4.69) is 11.5 Å². The highest BCUT2D eigenvalue weighted by molar-refractivity contribution is 5.14. The summed E-state index contributed by atoms with van der Waals surface area (Å²) in [5, 5.41) is 8.75. The van der Waals surface area contributed by atoms with Crippen molar-refractivity contribution in [1.29, 1.82) is 0 Å². The fourth-order valence-electron chi connectivity index (χ4n) is 1.43. The van der Waals surface area contributed by atoms with E-state index in [1.54, 1.807) is 0 Å². The lowest BCUT2D eigenvalue weighted by molar-refractivity contribution is -0.269. The average Bonchev–Trinajstić information content (AvgIpc) is 2.34. The maximum atomic E-state index is 8.75. The Balaban J connectivity index is 2.44. The van der Waals surface area contributed by atoms with Crippen LogP contribution >= 0.6 is 0 Å². The highest BCUT2D eigenvalue weighted by atomic mass is 17.1. The molecule has 1 unspecified atom stereocenters. The van der Waals surface area contributed by atoms with E-state index < -0.39 is 13.0 Å². The summed E-state index contributed by atoms with van der Waals surface area (Å²) in [4.78, 5) is 4.22. The summed E-state index contributed by atoms with van der Waals surface area (Å²) < 4.78 is 21.6. The Morgan fingerprint density at radius 1 is 1.53 bits per heavy atom. The van der Waals surface area contributed by atoms with Crippen LogP contribution in [0.3, 0.4) is 0 Å². The molecular weight excluding hydrogens is 188 g/mol. The monoisotopic (exact) mass is 209 g/mol. The van der Waals surface area contributed by atoms with Gasteiger partial charge in [-0.15, -0.1) is 0 Å². The molecule has 1 atom stereocenters. The molecule has 0 aliphatic carbocycles. The number of benzene rings is 1. The van der Waals surface area contributed by atoms with Gasteiger partial charge in [0.15, 0.2) is 0 Å². The van der Waals surface area contributed by atoms with Crippen LogP contribution in [0.4, 0.5) is 0 Å². The Morgan fingerprint density at radius 2 is 2.27 bits per heavy atom. The zero-order valence-electron chi connectivity index (χ0n) is 11.6. The zero-order valence-corrected chi connectivity index (χ0v) is 8.65. The zero-order chi connectivity index (χ0) is 13.6. The first-order chi connectivity index (χ1) is 8.45. The second-order valence-electron chi connectivity index (χ2n) is 3.50. The van der Waals surface area contributed by atoms with Gasteiger partial charge in [0.05, 0.1) is 0 Å². The Morgan fingerprint density at radius 3 is 2.87 bits per heavy atom. The molecule has 1 N–H and O–H groups in total. The van der Waals surface area contributed by atoms with Crippen molar-refractivity contribution in [1.82, 2.24) is 0 Å². The van der Waals surface area contributed by atoms with Gasteiger partial charge in [0.2, 0.25) is 0 Å². The predicted molar refractivity (Wildman–Crippen MR) is 61.7 cm³/mol. The van der Waals surface area contributed by atoms with Crippen molar-refractivity contribution < 1.29 is 14.3 Å². The summed E-state index contributed by atoms with van der Waals surface area (Å²) in [6.07, 6.45) is 1.14. The third-order valence-corrected chi connectivity index (χ3v) is 2.29. The Labute approximate surface area is 95.3 Å². The molecule has 0 fully saturated rings. The molecule has 0 heterocycles. The maximum absolute atomic E-state index is 8.75. The minimum absolute atomic E-state index is 0.0574. The summed E-state index contributed by atoms with van der Waals surface area (Å²) in [6.45, 7) is 1.18. The Kier molecular flexibility index (Phi) is 3.44. The molecule has 0 amide bonds. The van der Waals surface area contributed by atoms with Crippen LogP contribution in [0.2, 0.25) is 0 Å². The van der Waals surface area contributed by atoms with Gasteiger partial charge in [-0.25, -0.2) is 4.89 Å². The lowest BCUT2D eigenvalue weighted by Gasteiger charge is -2.12. The van der Waals surface area contributed by atoms with Crippen molar-refractivity contribution in [3.8, 4) is 0 Å². The smallest absolute Gasteiger partial charge is 0.113 e. The average molecular weight is 209 g/mol. The van der Waals surface area contributed by atoms with Crippen LogP contribution in [-0.4, -0.2) is 11.4 Å². The lowest BCUT2D eigenvalue weighted by atomic mass is 10.0. The first kappa shape index (κ1) is 8.08. The Hall–Kier alpha value is -1.12. The number of rotatable bonds is 6. The third kappa shape index (κ3) is 4.28. The molecule has 15 heavy (non-hydrogen) atoms. The SMILES string of the molecule is [2H]C([2H])([2H])C(=C)C(CCCc1ccccc1)OO. The summed E-state index contributed by atoms with van der Waals surface area (Å²) in [5.41, 5.74) is 1.12. The van der Waals surface area contributed by atoms with E-state index >= 15 is 0 Å². The van der Waals surface area contributed by atoms with Crippen molar-refractivity contribution in [2.45, 2.75) is 32.2 Å². The molecule has 1 aromatic carbocycles. The molecule has 1 rings (SSSR count). The third-order valence-electron chi connectivity index (χ3n) is 2.29. The minimum Gasteiger partial charge on any atom is -0.251 e. The van der Waals surface area contributed by atoms with Crippen molar-refractivity contribution in [3.63, 3.8) is 0 Å². The van der Waals surface area contributed by atoms with Crippen molar-refractivity contribution in [3.05, 3.63) is 48.0 Å². The topological polar surface area (TPSA) is 29.5 Å². The van der Waals surface area contributed by atoms with Crippen LogP contribution in [0.5, 0.6) is 0 Å². The quantitative estimate of drug-likeness (QED) is 0.442. The Bertz CT molecular complexity index is 374. The largest absolute Gasteiger partial charge is 0.251 e. The fourth-order valence-corrected chi connectivity index (χ4v) is 1.43. The molecule has 0 bridgehead atoms. The predicted octanol–water partition coefficient (Wildman–Crippen LogP) is 3.44. The molecule has 0 spiro atoms. The highest BCUT2D eigenvalue weighted by Gasteiger charge is 2.08. The van der Waals surface area contributed by atoms with Gasteiger partial charge in [0, 0.05) is 4.11 Å². The standard InChI is InChI=1S/C13H18O2/c1-11(2)13(15-14)10-6-9-12-7-4-3-5-8-12/h3-5,7-8,13-14H,1,6,9-10H2,2H3/i2D3. The molecule has 1 aromatic rings. The van der Waals surface area contributed by atoms with E-state index in [9.17, 15) is 0 Å². The summed E-state index contributed by atoms with van der Waals surface area (Å²) in [6, 6.07) is 9.87. The van der Waals surface area contributed by atoms with E-state index in [0.29, 0.717) is 6.42 Å². The van der Waals surface area contributed by atoms with Crippen LogP contribution in [0.15, 0.2) is 42.5 Å². The van der Waals surface area contributed by atoms with Gasteiger partial charge in [-0.05, 0) is 37.3 Å². The molecule has 0 aromatic heterocycles. The van der Waals surface area contributed by atoms with E-state index in [0.717, 1.165) is 12.8 Å². The van der Waals surface area contributed by atoms with Gasteiger partial charge in [0.1, 0.15) is 6.10 Å². The van der Waals surface area contributed by atoms with Crippen molar-refractivity contribution in [2.24, 2.45) is 0 Å². The lowest BCUT2D eigenvalue weighted by Crippen LogP contribution is -2.11. The highest BCUT2D eigenvalue weighted by Crippen LogP contribution is 2.12. The van der Waals surface area contributed by atoms with E-state index in [1.807, 2.05) is 30.3 Å². The van der Waals surface area contributed by atoms with Gasteiger partial charge in [-0.2, -0.15) is 0 Å². The van der Waals surface area contributed by atoms with Gasteiger partial charge >= 0.3 is 0 Å². The summed E-state index contributed by atoms with van der Waals surface area (Å²) in [5.74, 6) is 0. The maximum Gasteiger partial charge on any atom is 0.113 e. The molecule has 0 aliphatic rings. The van der Waals surface area contributed by atoms with Gasteiger partial charge in [-0.1, -0.05) is 36.9 Å². The first-order valence-electron chi connectivity index (χ1n) is 6.48. The fraction of sp³-hybridized carbons (Fsp3) is 0.385. The number of hydrogen-bond acceptors (Lipinski definition) is 2. The van der Waals surface area contributed by atoms with Crippen LogP contribution in [0.1, 0.15) is 29.4 Å². The van der Waals surface area contributed by atoms with Crippen LogP contribution < -0.4 is 0 Å². The van der Waals surface area contributed by atoms with Crippen LogP contribution in [0.25, 0.3) is 0 Å². The molecular formula is C13H18O2.